The molecule has 5 nitrogen and oxygen atoms in total. The van der Waals surface area contributed by atoms with Gasteiger partial charge in [0.25, 0.3) is 0 Å². The summed E-state index contributed by atoms with van der Waals surface area (Å²) >= 11 is 0. The average Bonchev–Trinajstić information content (AvgIpc) is 2.17. The van der Waals surface area contributed by atoms with Gasteiger partial charge in [0, 0.05) is 13.1 Å². The highest BCUT2D eigenvalue weighted by Gasteiger charge is 2.15. The third-order valence-corrected chi connectivity index (χ3v) is 1.74. The van der Waals surface area contributed by atoms with Crippen LogP contribution in [0.4, 0.5) is 11.5 Å². The summed E-state index contributed by atoms with van der Waals surface area (Å²) in [5.74, 6) is 1.17. The van der Waals surface area contributed by atoms with Gasteiger partial charge in [0.2, 0.25) is 5.88 Å². The number of nitrogens with one attached hydrogen (secondary N) is 1. The van der Waals surface area contributed by atoms with E-state index in [0.717, 1.165) is 5.82 Å². The molecule has 0 unspecified atom stereocenters. The Labute approximate surface area is 96.2 Å². The van der Waals surface area contributed by atoms with Gasteiger partial charge in [0.15, 0.2) is 0 Å². The van der Waals surface area contributed by atoms with Crippen LogP contribution in [0.1, 0.15) is 20.8 Å². The van der Waals surface area contributed by atoms with Crippen LogP contribution in [0.5, 0.6) is 5.88 Å². The second-order valence-corrected chi connectivity index (χ2v) is 4.52. The van der Waals surface area contributed by atoms with Crippen molar-refractivity contribution in [2.24, 2.45) is 5.73 Å². The third kappa shape index (κ3) is 3.94. The van der Waals surface area contributed by atoms with E-state index in [-0.39, 0.29) is 5.60 Å². The van der Waals surface area contributed by atoms with Gasteiger partial charge in [0.1, 0.15) is 11.4 Å². The molecule has 0 saturated carbocycles. The Balaban J connectivity index is 2.82. The first-order valence-corrected chi connectivity index (χ1v) is 5.32. The first kappa shape index (κ1) is 12.6. The predicted octanol–water partition coefficient (Wildman–Crippen LogP) is 1.21. The predicted molar refractivity (Wildman–Crippen MR) is 66.6 cm³/mol. The van der Waals surface area contributed by atoms with E-state index in [9.17, 15) is 0 Å². The molecule has 16 heavy (non-hydrogen) atoms. The number of anilines is 2. The number of aromatic nitrogens is 1. The number of nitrogens with two attached hydrogens (primary N) is 2. The molecule has 1 heterocycles. The number of nitrogens with zero attached hydrogens (tertiary/aromatic N) is 1. The maximum Gasteiger partial charge on any atom is 0.239 e. The van der Waals surface area contributed by atoms with E-state index in [1.54, 1.807) is 12.1 Å². The van der Waals surface area contributed by atoms with Crippen LogP contribution in [0.3, 0.4) is 0 Å². The van der Waals surface area contributed by atoms with E-state index in [1.807, 2.05) is 20.8 Å². The van der Waals surface area contributed by atoms with Crippen molar-refractivity contribution >= 4 is 11.5 Å². The van der Waals surface area contributed by atoms with Crippen LogP contribution in [0, 0.1) is 0 Å². The fourth-order valence-electron chi connectivity index (χ4n) is 1.12. The second kappa shape index (κ2) is 5.03. The molecule has 5 N–H and O–H groups in total. The minimum Gasteiger partial charge on any atom is -0.470 e. The van der Waals surface area contributed by atoms with Gasteiger partial charge in [-0.1, -0.05) is 0 Å². The molecule has 0 aromatic carbocycles. The van der Waals surface area contributed by atoms with Crippen molar-refractivity contribution in [2.75, 3.05) is 24.1 Å². The molecule has 0 saturated heterocycles. The summed E-state index contributed by atoms with van der Waals surface area (Å²) in [6, 6.07) is 3.58. The van der Waals surface area contributed by atoms with Crippen molar-refractivity contribution in [2.45, 2.75) is 26.4 Å². The van der Waals surface area contributed by atoms with E-state index in [1.165, 1.54) is 0 Å². The van der Waals surface area contributed by atoms with E-state index in [0.29, 0.717) is 24.7 Å². The van der Waals surface area contributed by atoms with Crippen LogP contribution in [-0.4, -0.2) is 23.7 Å². The zero-order valence-corrected chi connectivity index (χ0v) is 10.1. The Morgan fingerprint density at radius 3 is 2.62 bits per heavy atom. The standard InChI is InChI=1S/C11H20N4O/c1-11(2,3)16-10-8(13)4-5-9(15-10)14-7-6-12/h4-5H,6-7,12-13H2,1-3H3,(H,14,15). The van der Waals surface area contributed by atoms with Crippen molar-refractivity contribution in [1.82, 2.24) is 4.98 Å². The molecule has 5 heteroatoms. The first-order chi connectivity index (χ1) is 7.42. The van der Waals surface area contributed by atoms with Gasteiger partial charge in [0.05, 0.1) is 5.69 Å². The number of hydrogen-bond acceptors (Lipinski definition) is 5. The molecule has 0 aliphatic heterocycles. The lowest BCUT2D eigenvalue weighted by Crippen LogP contribution is -2.24. The Hall–Kier alpha value is -1.49. The summed E-state index contributed by atoms with van der Waals surface area (Å²) in [5, 5.41) is 3.08. The maximum absolute atomic E-state index is 5.79. The van der Waals surface area contributed by atoms with Crippen molar-refractivity contribution in [1.29, 1.82) is 0 Å². The summed E-state index contributed by atoms with van der Waals surface area (Å²) in [4.78, 5) is 4.28. The normalized spacial score (nSPS) is 11.2. The Kier molecular flexibility index (Phi) is 3.95. The number of hydrogen-bond donors (Lipinski definition) is 3. The van der Waals surface area contributed by atoms with Gasteiger partial charge in [-0.05, 0) is 32.9 Å². The van der Waals surface area contributed by atoms with Crippen LogP contribution >= 0.6 is 0 Å². The summed E-state index contributed by atoms with van der Waals surface area (Å²) in [6.45, 7) is 7.09. The van der Waals surface area contributed by atoms with Gasteiger partial charge in [-0.2, -0.15) is 4.98 Å². The summed E-state index contributed by atoms with van der Waals surface area (Å²) < 4.78 is 5.65. The molecule has 0 aliphatic rings. The Morgan fingerprint density at radius 2 is 2.06 bits per heavy atom. The SMILES string of the molecule is CC(C)(C)Oc1nc(NCCN)ccc1N. The lowest BCUT2D eigenvalue weighted by Gasteiger charge is -2.21. The molecule has 0 aliphatic carbocycles. The van der Waals surface area contributed by atoms with Gasteiger partial charge >= 0.3 is 0 Å². The van der Waals surface area contributed by atoms with Crippen LogP contribution in [0.15, 0.2) is 12.1 Å². The average molecular weight is 224 g/mol. The van der Waals surface area contributed by atoms with Crippen molar-refractivity contribution in [3.63, 3.8) is 0 Å². The fourth-order valence-corrected chi connectivity index (χ4v) is 1.12. The molecule has 0 fully saturated rings. The molecular formula is C11H20N4O. The van der Waals surface area contributed by atoms with E-state index < -0.39 is 0 Å². The van der Waals surface area contributed by atoms with Gasteiger partial charge in [-0.25, -0.2) is 0 Å². The Bertz CT molecular complexity index is 346. The summed E-state index contributed by atoms with van der Waals surface area (Å²) in [5.41, 5.74) is 11.4. The van der Waals surface area contributed by atoms with E-state index in [2.05, 4.69) is 10.3 Å². The molecular weight excluding hydrogens is 204 g/mol. The van der Waals surface area contributed by atoms with Crippen LogP contribution in [0.25, 0.3) is 0 Å². The van der Waals surface area contributed by atoms with E-state index in [4.69, 9.17) is 16.2 Å². The molecule has 1 aromatic heterocycles. The zero-order chi connectivity index (χ0) is 12.2. The minimum atomic E-state index is -0.312. The molecule has 0 radical (unpaired) electrons. The minimum absolute atomic E-state index is 0.312. The largest absolute Gasteiger partial charge is 0.470 e. The highest BCUT2D eigenvalue weighted by atomic mass is 16.5. The second-order valence-electron chi connectivity index (χ2n) is 4.52. The lowest BCUT2D eigenvalue weighted by molar-refractivity contribution is 0.125. The van der Waals surface area contributed by atoms with E-state index >= 15 is 0 Å². The molecule has 0 amide bonds. The number of nitrogen functional groups attached to an aromatic ring is 1. The quantitative estimate of drug-likeness (QED) is 0.715. The molecule has 90 valence electrons. The monoisotopic (exact) mass is 224 g/mol. The fraction of sp³-hybridized carbons (Fsp3) is 0.545. The molecule has 0 atom stereocenters. The first-order valence-electron chi connectivity index (χ1n) is 5.32. The lowest BCUT2D eigenvalue weighted by atomic mass is 10.2. The highest BCUT2D eigenvalue weighted by molar-refractivity contribution is 5.53. The van der Waals surface area contributed by atoms with Gasteiger partial charge in [-0.15, -0.1) is 0 Å². The summed E-state index contributed by atoms with van der Waals surface area (Å²) in [6.07, 6.45) is 0. The number of rotatable bonds is 4. The van der Waals surface area contributed by atoms with Crippen LogP contribution in [0.2, 0.25) is 0 Å². The van der Waals surface area contributed by atoms with Crippen molar-refractivity contribution in [3.8, 4) is 5.88 Å². The molecule has 0 bridgehead atoms. The third-order valence-electron chi connectivity index (χ3n) is 1.74. The van der Waals surface area contributed by atoms with Gasteiger partial charge < -0.3 is 21.5 Å². The van der Waals surface area contributed by atoms with Crippen molar-refractivity contribution in [3.05, 3.63) is 12.1 Å². The zero-order valence-electron chi connectivity index (χ0n) is 10.1. The maximum atomic E-state index is 5.79. The van der Waals surface area contributed by atoms with Crippen LogP contribution in [-0.2, 0) is 0 Å². The Morgan fingerprint density at radius 1 is 1.38 bits per heavy atom. The number of ether oxygens (including phenoxy) is 1. The number of pyridine rings is 1. The van der Waals surface area contributed by atoms with Crippen LogP contribution < -0.4 is 21.5 Å². The molecule has 0 spiro atoms. The summed E-state index contributed by atoms with van der Waals surface area (Å²) in [7, 11) is 0. The smallest absolute Gasteiger partial charge is 0.239 e. The van der Waals surface area contributed by atoms with Crippen molar-refractivity contribution < 1.29 is 4.74 Å². The molecule has 1 rings (SSSR count). The van der Waals surface area contributed by atoms with Gasteiger partial charge in [-0.3, -0.25) is 0 Å². The molecule has 1 aromatic rings. The highest BCUT2D eigenvalue weighted by Crippen LogP contribution is 2.24. The topological polar surface area (TPSA) is 86.2 Å².